The molecule has 1 heterocycles. The van der Waals surface area contributed by atoms with Crippen molar-refractivity contribution in [3.8, 4) is 5.75 Å². The Kier molecular flexibility index (Phi) is 5.08. The van der Waals surface area contributed by atoms with Crippen molar-refractivity contribution < 1.29 is 9.13 Å². The standard InChI is InChI=1S/C22H17ClFN3O/c1-14-5-7-20-18(9-14)22(26-13-25-20)27-17-6-8-21(19(23)11-17)28-12-15-3-2-4-16(24)10-15/h2-11,13H,12H2,1H3,(H,25,26,27). The van der Waals surface area contributed by atoms with Crippen LogP contribution in [0.25, 0.3) is 10.9 Å². The van der Waals surface area contributed by atoms with Crippen LogP contribution in [0.15, 0.2) is 67.0 Å². The molecule has 0 saturated carbocycles. The van der Waals surface area contributed by atoms with Gasteiger partial charge < -0.3 is 10.1 Å². The summed E-state index contributed by atoms with van der Waals surface area (Å²) in [5, 5.41) is 4.67. The van der Waals surface area contributed by atoms with E-state index < -0.39 is 0 Å². The van der Waals surface area contributed by atoms with Crippen molar-refractivity contribution in [3.63, 3.8) is 0 Å². The topological polar surface area (TPSA) is 47.0 Å². The van der Waals surface area contributed by atoms with Gasteiger partial charge in [-0.3, -0.25) is 0 Å². The maximum Gasteiger partial charge on any atom is 0.141 e. The molecule has 0 bridgehead atoms. The van der Waals surface area contributed by atoms with Crippen LogP contribution in [0.2, 0.25) is 5.02 Å². The van der Waals surface area contributed by atoms with Crippen LogP contribution in [0, 0.1) is 12.7 Å². The number of anilines is 2. The maximum atomic E-state index is 13.3. The summed E-state index contributed by atoms with van der Waals surface area (Å²) >= 11 is 6.36. The lowest BCUT2D eigenvalue weighted by Gasteiger charge is -2.12. The summed E-state index contributed by atoms with van der Waals surface area (Å²) in [6.45, 7) is 2.26. The third kappa shape index (κ3) is 4.05. The molecular formula is C22H17ClFN3O. The third-order valence-electron chi connectivity index (χ3n) is 4.27. The summed E-state index contributed by atoms with van der Waals surface area (Å²) < 4.78 is 19.0. The lowest BCUT2D eigenvalue weighted by molar-refractivity contribution is 0.306. The second-order valence-electron chi connectivity index (χ2n) is 6.43. The monoisotopic (exact) mass is 393 g/mol. The van der Waals surface area contributed by atoms with Gasteiger partial charge in [-0.1, -0.05) is 35.4 Å². The highest BCUT2D eigenvalue weighted by Gasteiger charge is 2.08. The summed E-state index contributed by atoms with van der Waals surface area (Å²) in [6.07, 6.45) is 1.53. The number of benzene rings is 3. The average molecular weight is 394 g/mol. The van der Waals surface area contributed by atoms with Crippen LogP contribution in [0.4, 0.5) is 15.9 Å². The van der Waals surface area contributed by atoms with E-state index in [2.05, 4.69) is 15.3 Å². The quantitative estimate of drug-likeness (QED) is 0.448. The first-order chi connectivity index (χ1) is 13.6. The first kappa shape index (κ1) is 18.2. The molecule has 6 heteroatoms. The van der Waals surface area contributed by atoms with Crippen LogP contribution < -0.4 is 10.1 Å². The molecule has 4 rings (SSSR count). The van der Waals surface area contributed by atoms with E-state index in [-0.39, 0.29) is 12.4 Å². The van der Waals surface area contributed by atoms with Crippen molar-refractivity contribution >= 4 is 34.0 Å². The maximum absolute atomic E-state index is 13.3. The van der Waals surface area contributed by atoms with E-state index in [1.165, 1.54) is 18.5 Å². The van der Waals surface area contributed by atoms with E-state index in [4.69, 9.17) is 16.3 Å². The SMILES string of the molecule is Cc1ccc2ncnc(Nc3ccc(OCc4cccc(F)c4)c(Cl)c3)c2c1. The number of nitrogens with zero attached hydrogens (tertiary/aromatic N) is 2. The fourth-order valence-corrected chi connectivity index (χ4v) is 3.13. The zero-order valence-electron chi connectivity index (χ0n) is 15.1. The number of hydrogen-bond donors (Lipinski definition) is 1. The molecule has 1 N–H and O–H groups in total. The Balaban J connectivity index is 1.53. The van der Waals surface area contributed by atoms with Gasteiger partial charge in [0.15, 0.2) is 0 Å². The van der Waals surface area contributed by atoms with Crippen LogP contribution in [0.5, 0.6) is 5.75 Å². The first-order valence-corrected chi connectivity index (χ1v) is 9.11. The predicted molar refractivity (Wildman–Crippen MR) is 110 cm³/mol. The Morgan fingerprint density at radius 2 is 1.93 bits per heavy atom. The van der Waals surface area contributed by atoms with Crippen molar-refractivity contribution in [2.45, 2.75) is 13.5 Å². The number of halogens is 2. The van der Waals surface area contributed by atoms with Gasteiger partial charge in [-0.15, -0.1) is 0 Å². The van der Waals surface area contributed by atoms with Gasteiger partial charge >= 0.3 is 0 Å². The van der Waals surface area contributed by atoms with Gasteiger partial charge in [0.05, 0.1) is 10.5 Å². The molecule has 4 aromatic rings. The molecule has 28 heavy (non-hydrogen) atoms. The molecule has 0 saturated heterocycles. The Morgan fingerprint density at radius 1 is 1.04 bits per heavy atom. The van der Waals surface area contributed by atoms with Gasteiger partial charge in [0, 0.05) is 11.1 Å². The van der Waals surface area contributed by atoms with E-state index in [1.54, 1.807) is 24.3 Å². The van der Waals surface area contributed by atoms with Crippen LogP contribution in [0.3, 0.4) is 0 Å². The van der Waals surface area contributed by atoms with Crippen molar-refractivity contribution in [1.29, 1.82) is 0 Å². The van der Waals surface area contributed by atoms with Gasteiger partial charge in [-0.2, -0.15) is 0 Å². The van der Waals surface area contributed by atoms with Crippen LogP contribution in [-0.2, 0) is 6.61 Å². The van der Waals surface area contributed by atoms with Crippen LogP contribution in [0.1, 0.15) is 11.1 Å². The lowest BCUT2D eigenvalue weighted by atomic mass is 10.1. The van der Waals surface area contributed by atoms with Crippen molar-refractivity contribution in [3.05, 3.63) is 89.0 Å². The molecule has 140 valence electrons. The van der Waals surface area contributed by atoms with E-state index in [0.29, 0.717) is 16.6 Å². The average Bonchev–Trinajstić information content (AvgIpc) is 2.68. The number of aromatic nitrogens is 2. The first-order valence-electron chi connectivity index (χ1n) is 8.74. The minimum atomic E-state index is -0.293. The third-order valence-corrected chi connectivity index (χ3v) is 4.56. The van der Waals surface area contributed by atoms with Gasteiger partial charge in [-0.05, 0) is 55.0 Å². The number of rotatable bonds is 5. The number of ether oxygens (including phenoxy) is 1. The predicted octanol–water partition coefficient (Wildman–Crippen LogP) is 6.05. The molecule has 0 aliphatic carbocycles. The number of aryl methyl sites for hydroxylation is 1. The normalized spacial score (nSPS) is 10.8. The lowest BCUT2D eigenvalue weighted by Crippen LogP contribution is -1.98. The number of hydrogen-bond acceptors (Lipinski definition) is 4. The minimum Gasteiger partial charge on any atom is -0.487 e. The second-order valence-corrected chi connectivity index (χ2v) is 6.84. The van der Waals surface area contributed by atoms with Crippen molar-refractivity contribution in [2.24, 2.45) is 0 Å². The van der Waals surface area contributed by atoms with E-state index in [1.807, 2.05) is 31.2 Å². The summed E-state index contributed by atoms with van der Waals surface area (Å²) in [6, 6.07) is 17.7. The zero-order valence-corrected chi connectivity index (χ0v) is 15.9. The van der Waals surface area contributed by atoms with Crippen LogP contribution >= 0.6 is 11.6 Å². The molecule has 1 aromatic heterocycles. The molecular weight excluding hydrogens is 377 g/mol. The highest BCUT2D eigenvalue weighted by Crippen LogP contribution is 2.31. The largest absolute Gasteiger partial charge is 0.487 e. The van der Waals surface area contributed by atoms with E-state index in [9.17, 15) is 4.39 Å². The van der Waals surface area contributed by atoms with Crippen LogP contribution in [-0.4, -0.2) is 9.97 Å². The fourth-order valence-electron chi connectivity index (χ4n) is 2.89. The molecule has 0 radical (unpaired) electrons. The summed E-state index contributed by atoms with van der Waals surface area (Å²) in [7, 11) is 0. The van der Waals surface area contributed by atoms with Gasteiger partial charge in [0.2, 0.25) is 0 Å². The molecule has 0 aliphatic rings. The molecule has 4 nitrogen and oxygen atoms in total. The number of fused-ring (bicyclic) bond motifs is 1. The summed E-state index contributed by atoms with van der Waals surface area (Å²) in [4.78, 5) is 8.64. The molecule has 0 unspecified atom stereocenters. The fraction of sp³-hybridized carbons (Fsp3) is 0.0909. The van der Waals surface area contributed by atoms with Gasteiger partial charge in [0.25, 0.3) is 0 Å². The molecule has 0 aliphatic heterocycles. The highest BCUT2D eigenvalue weighted by atomic mass is 35.5. The van der Waals surface area contributed by atoms with Gasteiger partial charge in [-0.25, -0.2) is 14.4 Å². The highest BCUT2D eigenvalue weighted by molar-refractivity contribution is 6.32. The molecule has 0 atom stereocenters. The number of nitrogens with one attached hydrogen (secondary N) is 1. The Labute approximate surface area is 167 Å². The summed E-state index contributed by atoms with van der Waals surface area (Å²) in [5.41, 5.74) is 3.51. The Hall–Kier alpha value is -3.18. The molecule has 0 fully saturated rings. The molecule has 0 spiro atoms. The molecule has 3 aromatic carbocycles. The molecule has 0 amide bonds. The van der Waals surface area contributed by atoms with E-state index >= 15 is 0 Å². The van der Waals surface area contributed by atoms with Gasteiger partial charge in [0.1, 0.15) is 30.3 Å². The van der Waals surface area contributed by atoms with Crippen molar-refractivity contribution in [1.82, 2.24) is 9.97 Å². The van der Waals surface area contributed by atoms with Crippen molar-refractivity contribution in [2.75, 3.05) is 5.32 Å². The Morgan fingerprint density at radius 3 is 2.75 bits per heavy atom. The zero-order chi connectivity index (χ0) is 19.5. The smallest absolute Gasteiger partial charge is 0.141 e. The summed E-state index contributed by atoms with van der Waals surface area (Å²) in [5.74, 6) is 0.942. The minimum absolute atomic E-state index is 0.236. The van der Waals surface area contributed by atoms with E-state index in [0.717, 1.165) is 27.7 Å². The Bertz CT molecular complexity index is 1150. The second kappa shape index (κ2) is 7.82.